The van der Waals surface area contributed by atoms with Crippen LogP contribution < -0.4 is 4.74 Å². The molecule has 2 fully saturated rings. The number of fused-ring (bicyclic) bond motifs is 1. The van der Waals surface area contributed by atoms with Gasteiger partial charge in [0.2, 0.25) is 4.77 Å². The summed E-state index contributed by atoms with van der Waals surface area (Å²) >= 11 is 5.70. The van der Waals surface area contributed by atoms with E-state index in [1.54, 1.807) is 7.11 Å². The van der Waals surface area contributed by atoms with Crippen LogP contribution in [-0.2, 0) is 6.67 Å². The van der Waals surface area contributed by atoms with E-state index in [-0.39, 0.29) is 0 Å². The molecule has 2 aliphatic rings. The maximum Gasteiger partial charge on any atom is 0.203 e. The fourth-order valence-electron chi connectivity index (χ4n) is 4.45. The van der Waals surface area contributed by atoms with Crippen molar-refractivity contribution in [3.8, 4) is 11.4 Å². The number of likely N-dealkylation sites (tertiary alicyclic amines) is 1. The van der Waals surface area contributed by atoms with Crippen LogP contribution in [0.4, 0.5) is 0 Å². The predicted molar refractivity (Wildman–Crippen MR) is 101 cm³/mol. The molecule has 1 aliphatic heterocycles. The third kappa shape index (κ3) is 3.37. The van der Waals surface area contributed by atoms with Gasteiger partial charge in [-0.15, -0.1) is 0 Å². The van der Waals surface area contributed by atoms with Gasteiger partial charge in [0.15, 0.2) is 0 Å². The fraction of sp³-hybridized carbons (Fsp3) is 0.579. The Morgan fingerprint density at radius 1 is 1.20 bits per heavy atom. The number of nitrogens with zero attached hydrogens (tertiary/aromatic N) is 4. The quantitative estimate of drug-likeness (QED) is 0.773. The Hall–Kier alpha value is -1.66. The highest BCUT2D eigenvalue weighted by molar-refractivity contribution is 7.71. The molecule has 1 aromatic carbocycles. The number of benzene rings is 1. The molecule has 0 radical (unpaired) electrons. The van der Waals surface area contributed by atoms with Crippen LogP contribution in [-0.4, -0.2) is 38.9 Å². The van der Waals surface area contributed by atoms with Crippen molar-refractivity contribution in [2.45, 2.75) is 51.2 Å². The maximum atomic E-state index is 5.70. The van der Waals surface area contributed by atoms with Crippen LogP contribution in [0.3, 0.4) is 0 Å². The highest BCUT2D eigenvalue weighted by atomic mass is 32.1. The van der Waals surface area contributed by atoms with Crippen molar-refractivity contribution in [3.05, 3.63) is 35.4 Å². The zero-order valence-corrected chi connectivity index (χ0v) is 15.6. The predicted octanol–water partition coefficient (Wildman–Crippen LogP) is 4.02. The van der Waals surface area contributed by atoms with E-state index >= 15 is 0 Å². The summed E-state index contributed by atoms with van der Waals surface area (Å²) < 4.78 is 9.99. The van der Waals surface area contributed by atoms with Gasteiger partial charge in [0.05, 0.1) is 19.5 Å². The van der Waals surface area contributed by atoms with Gasteiger partial charge in [0, 0.05) is 18.7 Å². The summed E-state index contributed by atoms with van der Waals surface area (Å²) in [4.78, 5) is 2.60. The second-order valence-electron chi connectivity index (χ2n) is 7.19. The van der Waals surface area contributed by atoms with Crippen LogP contribution in [0, 0.1) is 10.7 Å². The van der Waals surface area contributed by atoms with Gasteiger partial charge in [0.25, 0.3) is 0 Å². The Labute approximate surface area is 154 Å². The molecule has 1 saturated carbocycles. The highest BCUT2D eigenvalue weighted by Gasteiger charge is 2.33. The first kappa shape index (κ1) is 16.8. The normalized spacial score (nSPS) is 24.0. The van der Waals surface area contributed by atoms with E-state index < -0.39 is 0 Å². The number of hydrogen-bond donors (Lipinski definition) is 0. The van der Waals surface area contributed by atoms with E-state index in [9.17, 15) is 0 Å². The summed E-state index contributed by atoms with van der Waals surface area (Å²) in [5, 5.41) is 4.57. The topological polar surface area (TPSA) is 35.2 Å². The molecule has 0 N–H and O–H groups in total. The van der Waals surface area contributed by atoms with Gasteiger partial charge in [-0.1, -0.05) is 18.9 Å². The Balaban J connectivity index is 1.55. The molecule has 6 heteroatoms. The number of piperidine rings is 1. The molecular weight excluding hydrogens is 332 g/mol. The molecule has 1 aliphatic carbocycles. The van der Waals surface area contributed by atoms with Crippen LogP contribution in [0.15, 0.2) is 30.6 Å². The van der Waals surface area contributed by atoms with Gasteiger partial charge >= 0.3 is 0 Å². The lowest BCUT2D eigenvalue weighted by Crippen LogP contribution is -2.47. The molecule has 2 aromatic rings. The van der Waals surface area contributed by atoms with E-state index in [4.69, 9.17) is 17.0 Å². The molecule has 5 nitrogen and oxygen atoms in total. The summed E-state index contributed by atoms with van der Waals surface area (Å²) in [5.41, 5.74) is 0.991. The molecular formula is C19H26N4OS. The van der Waals surface area contributed by atoms with Crippen molar-refractivity contribution in [1.29, 1.82) is 0 Å². The molecule has 0 unspecified atom stereocenters. The SMILES string of the molecule is COc1cccc(-n2cnn(CN3CCC[C@@H]4CCCC[C@@H]43)c2=S)c1. The van der Waals surface area contributed by atoms with Crippen LogP contribution in [0.5, 0.6) is 5.75 Å². The highest BCUT2D eigenvalue weighted by Crippen LogP contribution is 2.35. The van der Waals surface area contributed by atoms with Crippen molar-refractivity contribution in [2.24, 2.45) is 5.92 Å². The zero-order chi connectivity index (χ0) is 17.2. The van der Waals surface area contributed by atoms with E-state index in [1.807, 2.05) is 39.8 Å². The van der Waals surface area contributed by atoms with Gasteiger partial charge in [-0.05, 0) is 56.0 Å². The lowest BCUT2D eigenvalue weighted by Gasteiger charge is -2.43. The van der Waals surface area contributed by atoms with E-state index in [0.717, 1.165) is 35.3 Å². The first-order valence-electron chi connectivity index (χ1n) is 9.29. The Morgan fingerprint density at radius 3 is 2.92 bits per heavy atom. The molecule has 2 atom stereocenters. The van der Waals surface area contributed by atoms with E-state index in [1.165, 1.54) is 38.5 Å². The van der Waals surface area contributed by atoms with Crippen LogP contribution in [0.1, 0.15) is 38.5 Å². The smallest absolute Gasteiger partial charge is 0.203 e. The van der Waals surface area contributed by atoms with Gasteiger partial charge in [0.1, 0.15) is 12.1 Å². The second kappa shape index (κ2) is 7.30. The van der Waals surface area contributed by atoms with Gasteiger partial charge in [-0.3, -0.25) is 9.47 Å². The minimum absolute atomic E-state index is 0.714. The number of ether oxygens (including phenoxy) is 1. The summed E-state index contributed by atoms with van der Waals surface area (Å²) in [6.07, 6.45) is 9.99. The molecule has 0 bridgehead atoms. The number of hydrogen-bond acceptors (Lipinski definition) is 4. The lowest BCUT2D eigenvalue weighted by molar-refractivity contribution is 0.0323. The van der Waals surface area contributed by atoms with Crippen molar-refractivity contribution in [2.75, 3.05) is 13.7 Å². The summed E-state index contributed by atoms with van der Waals surface area (Å²) in [6.45, 7) is 1.96. The van der Waals surface area contributed by atoms with E-state index in [2.05, 4.69) is 10.00 Å². The fourth-order valence-corrected chi connectivity index (χ4v) is 4.70. The largest absolute Gasteiger partial charge is 0.497 e. The maximum absolute atomic E-state index is 5.70. The molecule has 1 saturated heterocycles. The van der Waals surface area contributed by atoms with Gasteiger partial charge in [-0.2, -0.15) is 5.10 Å². The monoisotopic (exact) mass is 358 g/mol. The number of rotatable bonds is 4. The Kier molecular flexibility index (Phi) is 4.90. The minimum atomic E-state index is 0.714. The third-order valence-corrected chi connectivity index (χ3v) is 6.15. The van der Waals surface area contributed by atoms with Crippen molar-refractivity contribution >= 4 is 12.2 Å². The zero-order valence-electron chi connectivity index (χ0n) is 14.8. The van der Waals surface area contributed by atoms with Crippen LogP contribution in [0.25, 0.3) is 5.69 Å². The van der Waals surface area contributed by atoms with Crippen molar-refractivity contribution < 1.29 is 4.74 Å². The van der Waals surface area contributed by atoms with Gasteiger partial charge < -0.3 is 4.74 Å². The van der Waals surface area contributed by atoms with Crippen LogP contribution >= 0.6 is 12.2 Å². The lowest BCUT2D eigenvalue weighted by atomic mass is 9.78. The third-order valence-electron chi connectivity index (χ3n) is 5.74. The molecule has 0 spiro atoms. The van der Waals surface area contributed by atoms with Crippen molar-refractivity contribution in [1.82, 2.24) is 19.2 Å². The van der Waals surface area contributed by atoms with Crippen molar-refractivity contribution in [3.63, 3.8) is 0 Å². The molecule has 4 rings (SSSR count). The standard InChI is InChI=1S/C19H26N4OS/c1-24-17-9-4-8-16(12-17)22-13-20-23(19(22)25)14-21-11-5-7-15-6-2-3-10-18(15)21/h4,8-9,12-13,15,18H,2-3,5-7,10-11,14H2,1H3/t15-,18-/m0/s1. The molecule has 2 heterocycles. The summed E-state index contributed by atoms with van der Waals surface area (Å²) in [6, 6.07) is 8.65. The summed E-state index contributed by atoms with van der Waals surface area (Å²) in [7, 11) is 1.68. The van der Waals surface area contributed by atoms with E-state index in [0.29, 0.717) is 6.04 Å². The first-order chi connectivity index (χ1) is 12.3. The minimum Gasteiger partial charge on any atom is -0.497 e. The average Bonchev–Trinajstić information content (AvgIpc) is 3.02. The molecule has 25 heavy (non-hydrogen) atoms. The Bertz CT molecular complexity index is 782. The first-order valence-corrected chi connectivity index (χ1v) is 9.70. The van der Waals surface area contributed by atoms with Crippen LogP contribution in [0.2, 0.25) is 0 Å². The molecule has 1 aromatic heterocycles. The Morgan fingerprint density at radius 2 is 2.04 bits per heavy atom. The van der Waals surface area contributed by atoms with Gasteiger partial charge in [-0.25, -0.2) is 4.68 Å². The number of methoxy groups -OCH3 is 1. The molecule has 134 valence electrons. The average molecular weight is 359 g/mol. The second-order valence-corrected chi connectivity index (χ2v) is 7.56. The number of aromatic nitrogens is 3. The molecule has 0 amide bonds. The summed E-state index contributed by atoms with van der Waals surface area (Å²) in [5.74, 6) is 1.70.